The molecule has 0 aromatic heterocycles. The van der Waals surface area contributed by atoms with Crippen LogP contribution in [0.15, 0.2) is 0 Å². The van der Waals surface area contributed by atoms with E-state index in [0.29, 0.717) is 0 Å². The Kier molecular flexibility index (Phi) is 1.17. The van der Waals surface area contributed by atoms with Gasteiger partial charge in [0.25, 0.3) is 8.05 Å². The first-order chi connectivity index (χ1) is 2.93. The topological polar surface area (TPSA) is 21.8 Å². The van der Waals surface area contributed by atoms with Crippen LogP contribution < -0.4 is 0 Å². The molecule has 1 unspecified atom stereocenters. The standard InChI is InChI=1S/C2H3B2O2/c3-6-4-2-1-5-2/h2H,1H2. The summed E-state index contributed by atoms with van der Waals surface area (Å²) >= 11 is 0. The van der Waals surface area contributed by atoms with Gasteiger partial charge in [0.15, 0.2) is 0 Å². The summed E-state index contributed by atoms with van der Waals surface area (Å²) in [6, 6.07) is 0.176. The third-order valence-corrected chi connectivity index (χ3v) is 0.589. The fourth-order valence-corrected chi connectivity index (χ4v) is 0.222. The van der Waals surface area contributed by atoms with Crippen molar-refractivity contribution < 1.29 is 9.31 Å². The largest absolute Gasteiger partial charge is 0.508 e. The van der Waals surface area contributed by atoms with Crippen molar-refractivity contribution in [2.24, 2.45) is 0 Å². The maximum absolute atomic E-state index is 4.69. The Morgan fingerprint density at radius 1 is 2.00 bits per heavy atom. The summed E-state index contributed by atoms with van der Waals surface area (Å²) in [4.78, 5) is 0. The second-order valence-corrected chi connectivity index (χ2v) is 1.14. The highest BCUT2D eigenvalue weighted by Gasteiger charge is 2.23. The van der Waals surface area contributed by atoms with Crippen LogP contribution >= 0.6 is 0 Å². The van der Waals surface area contributed by atoms with Crippen molar-refractivity contribution in [2.45, 2.75) is 6.00 Å². The van der Waals surface area contributed by atoms with Crippen LogP contribution in [-0.2, 0) is 9.31 Å². The first-order valence-corrected chi connectivity index (χ1v) is 1.74. The molecule has 0 aromatic rings. The fraction of sp³-hybridized carbons (Fsp3) is 1.00. The molecule has 0 aromatic carbocycles. The third kappa shape index (κ3) is 1.03. The zero-order valence-corrected chi connectivity index (χ0v) is 3.26. The maximum Gasteiger partial charge on any atom is 0.308 e. The van der Waals surface area contributed by atoms with Crippen LogP contribution in [0.4, 0.5) is 0 Å². The summed E-state index contributed by atoms with van der Waals surface area (Å²) in [5.74, 6) is 0. The Hall–Kier alpha value is 0.0499. The van der Waals surface area contributed by atoms with Crippen molar-refractivity contribution in [1.82, 2.24) is 0 Å². The van der Waals surface area contributed by atoms with Crippen LogP contribution in [0, 0.1) is 0 Å². The molecule has 3 radical (unpaired) electrons. The summed E-state index contributed by atoms with van der Waals surface area (Å²) in [6.45, 7) is 0.761. The molecule has 1 aliphatic rings. The van der Waals surface area contributed by atoms with Crippen LogP contribution in [0.2, 0.25) is 0 Å². The van der Waals surface area contributed by atoms with Gasteiger partial charge in [-0.25, -0.2) is 0 Å². The minimum Gasteiger partial charge on any atom is -0.508 e. The van der Waals surface area contributed by atoms with E-state index in [1.54, 1.807) is 0 Å². The molecule has 29 valence electrons. The normalized spacial score (nSPS) is 29.7. The Bertz CT molecular complexity index is 44.8. The van der Waals surface area contributed by atoms with Crippen LogP contribution in [0.3, 0.4) is 0 Å². The highest BCUT2D eigenvalue weighted by molar-refractivity contribution is 6.36. The van der Waals surface area contributed by atoms with Gasteiger partial charge in [-0.05, 0) is 0 Å². The first-order valence-electron chi connectivity index (χ1n) is 1.74. The molecular weight excluding hydrogens is 77.6 g/mol. The van der Waals surface area contributed by atoms with E-state index in [1.165, 1.54) is 7.48 Å². The number of epoxide rings is 1. The van der Waals surface area contributed by atoms with Crippen molar-refractivity contribution in [1.29, 1.82) is 0 Å². The quantitative estimate of drug-likeness (QED) is 0.316. The molecule has 0 aliphatic carbocycles. The molecule has 1 heterocycles. The molecule has 0 saturated carbocycles. The summed E-state index contributed by atoms with van der Waals surface area (Å²) in [5, 5.41) is 0. The number of rotatable bonds is 2. The molecular formula is C2H3B2O2. The van der Waals surface area contributed by atoms with Crippen molar-refractivity contribution in [3.8, 4) is 0 Å². The van der Waals surface area contributed by atoms with E-state index in [4.69, 9.17) is 0 Å². The predicted molar refractivity (Wildman–Crippen MR) is 22.3 cm³/mol. The van der Waals surface area contributed by atoms with Crippen LogP contribution in [0.25, 0.3) is 0 Å². The van der Waals surface area contributed by atoms with Gasteiger partial charge in [0.1, 0.15) is 0 Å². The summed E-state index contributed by atoms with van der Waals surface area (Å²) in [7, 11) is 6.09. The van der Waals surface area contributed by atoms with Gasteiger partial charge >= 0.3 is 7.48 Å². The summed E-state index contributed by atoms with van der Waals surface area (Å²) in [6.07, 6.45) is 0. The zero-order chi connectivity index (χ0) is 4.41. The van der Waals surface area contributed by atoms with Crippen molar-refractivity contribution in [3.05, 3.63) is 0 Å². The van der Waals surface area contributed by atoms with Crippen LogP contribution in [0.5, 0.6) is 0 Å². The smallest absolute Gasteiger partial charge is 0.308 e. The highest BCUT2D eigenvalue weighted by atomic mass is 16.6. The first kappa shape index (κ1) is 4.22. The van der Waals surface area contributed by atoms with E-state index in [0.717, 1.165) is 6.61 Å². The van der Waals surface area contributed by atoms with Gasteiger partial charge in [-0.2, -0.15) is 0 Å². The molecule has 4 heteroatoms. The highest BCUT2D eigenvalue weighted by Crippen LogP contribution is 2.04. The molecule has 0 bridgehead atoms. The van der Waals surface area contributed by atoms with Gasteiger partial charge in [0.2, 0.25) is 0 Å². The van der Waals surface area contributed by atoms with E-state index >= 15 is 0 Å². The molecule has 1 fully saturated rings. The molecule has 0 spiro atoms. The van der Waals surface area contributed by atoms with Crippen LogP contribution in [0.1, 0.15) is 0 Å². The molecule has 1 rings (SSSR count). The second-order valence-electron chi connectivity index (χ2n) is 1.14. The van der Waals surface area contributed by atoms with E-state index < -0.39 is 0 Å². The zero-order valence-electron chi connectivity index (χ0n) is 3.26. The lowest BCUT2D eigenvalue weighted by molar-refractivity contribution is 0.443. The van der Waals surface area contributed by atoms with Gasteiger partial charge in [-0.15, -0.1) is 0 Å². The van der Waals surface area contributed by atoms with Crippen molar-refractivity contribution in [3.63, 3.8) is 0 Å². The Labute approximate surface area is 38.5 Å². The lowest BCUT2D eigenvalue weighted by atomic mass is 9.95. The number of hydrogen-bond acceptors (Lipinski definition) is 2. The Morgan fingerprint density at radius 2 is 2.67 bits per heavy atom. The minimum absolute atomic E-state index is 0.176. The van der Waals surface area contributed by atoms with Crippen molar-refractivity contribution in [2.75, 3.05) is 6.61 Å². The lowest BCUT2D eigenvalue weighted by Gasteiger charge is -1.81. The monoisotopic (exact) mass is 81.0 g/mol. The predicted octanol–water partition coefficient (Wildman–Crippen LogP) is -0.938. The summed E-state index contributed by atoms with van der Waals surface area (Å²) in [5.41, 5.74) is 0. The SMILES string of the molecule is [B]O[B]C1CO1. The second kappa shape index (κ2) is 1.67. The van der Waals surface area contributed by atoms with E-state index in [9.17, 15) is 0 Å². The average Bonchev–Trinajstić information content (AvgIpc) is 2.21. The van der Waals surface area contributed by atoms with E-state index in [-0.39, 0.29) is 6.00 Å². The van der Waals surface area contributed by atoms with Gasteiger partial charge in [0.05, 0.1) is 12.6 Å². The van der Waals surface area contributed by atoms with Crippen LogP contribution in [-0.4, -0.2) is 28.1 Å². The molecule has 0 amide bonds. The fourth-order valence-electron chi connectivity index (χ4n) is 0.222. The Balaban J connectivity index is 1.88. The molecule has 1 atom stereocenters. The van der Waals surface area contributed by atoms with E-state index in [1.807, 2.05) is 0 Å². The summed E-state index contributed by atoms with van der Waals surface area (Å²) < 4.78 is 8.80. The average molecular weight is 80.7 g/mol. The van der Waals surface area contributed by atoms with Gasteiger partial charge in [-0.1, -0.05) is 0 Å². The maximum atomic E-state index is 4.69. The number of hydrogen-bond donors (Lipinski definition) is 0. The number of ether oxygens (including phenoxy) is 1. The van der Waals surface area contributed by atoms with Crippen molar-refractivity contribution >= 4 is 15.5 Å². The van der Waals surface area contributed by atoms with Gasteiger partial charge in [-0.3, -0.25) is 0 Å². The Morgan fingerprint density at radius 3 is 2.83 bits per heavy atom. The minimum atomic E-state index is 0.176. The van der Waals surface area contributed by atoms with Gasteiger partial charge < -0.3 is 9.31 Å². The lowest BCUT2D eigenvalue weighted by Crippen LogP contribution is -2.02. The van der Waals surface area contributed by atoms with Gasteiger partial charge in [0, 0.05) is 0 Å². The molecule has 6 heavy (non-hydrogen) atoms. The molecule has 1 aliphatic heterocycles. The molecule has 2 nitrogen and oxygen atoms in total. The molecule has 1 saturated heterocycles. The third-order valence-electron chi connectivity index (χ3n) is 0.589. The van der Waals surface area contributed by atoms with E-state index in [2.05, 4.69) is 17.4 Å². The molecule has 0 N–H and O–H groups in total.